The van der Waals surface area contributed by atoms with E-state index in [1.165, 1.54) is 0 Å². The Morgan fingerprint density at radius 3 is 2.45 bits per heavy atom. The number of rotatable bonds is 6. The summed E-state index contributed by atoms with van der Waals surface area (Å²) in [6.45, 7) is 0.385. The van der Waals surface area contributed by atoms with Crippen molar-refractivity contribution < 1.29 is 9.59 Å². The van der Waals surface area contributed by atoms with E-state index in [1.54, 1.807) is 12.4 Å². The zero-order valence-electron chi connectivity index (χ0n) is 11.9. The Labute approximate surface area is 137 Å². The Morgan fingerprint density at radius 1 is 1.00 bits per heavy atom. The summed E-state index contributed by atoms with van der Waals surface area (Å²) in [5.74, 6) is -0.414. The molecular weight excluding hydrogens is 346 g/mol. The molecule has 6 heteroatoms. The van der Waals surface area contributed by atoms with Gasteiger partial charge in [0.15, 0.2) is 0 Å². The predicted molar refractivity (Wildman–Crippen MR) is 86.9 cm³/mol. The second-order valence-corrected chi connectivity index (χ2v) is 5.53. The van der Waals surface area contributed by atoms with E-state index in [1.807, 2.05) is 36.4 Å². The van der Waals surface area contributed by atoms with Gasteiger partial charge in [-0.1, -0.05) is 34.1 Å². The van der Waals surface area contributed by atoms with Gasteiger partial charge in [-0.05, 0) is 29.3 Å². The van der Waals surface area contributed by atoms with E-state index in [0.29, 0.717) is 6.54 Å². The van der Waals surface area contributed by atoms with Crippen LogP contribution in [0.5, 0.6) is 0 Å². The maximum atomic E-state index is 11.8. The van der Waals surface area contributed by atoms with E-state index >= 15 is 0 Å². The topological polar surface area (TPSA) is 71.1 Å². The van der Waals surface area contributed by atoms with Crippen LogP contribution in [0.3, 0.4) is 0 Å². The molecule has 0 saturated carbocycles. The predicted octanol–water partition coefficient (Wildman–Crippen LogP) is 1.82. The third-order valence-corrected chi connectivity index (χ3v) is 3.77. The molecule has 1 aromatic heterocycles. The molecule has 2 rings (SSSR count). The third kappa shape index (κ3) is 5.29. The zero-order valence-corrected chi connectivity index (χ0v) is 13.5. The quantitative estimate of drug-likeness (QED) is 0.824. The lowest BCUT2D eigenvalue weighted by Gasteiger charge is -2.08. The van der Waals surface area contributed by atoms with Crippen molar-refractivity contribution in [3.05, 3.63) is 64.4 Å². The Morgan fingerprint density at radius 2 is 1.73 bits per heavy atom. The lowest BCUT2D eigenvalue weighted by Crippen LogP contribution is -2.37. The number of carbonyl (C=O) groups excluding carboxylic acids is 2. The molecule has 0 saturated heterocycles. The van der Waals surface area contributed by atoms with Crippen molar-refractivity contribution in [2.24, 2.45) is 0 Å². The van der Waals surface area contributed by atoms with Crippen LogP contribution in [-0.4, -0.2) is 23.3 Å². The van der Waals surface area contributed by atoms with Crippen LogP contribution in [-0.2, 0) is 22.6 Å². The number of amides is 2. The minimum atomic E-state index is -0.225. The summed E-state index contributed by atoms with van der Waals surface area (Å²) in [4.78, 5) is 27.4. The van der Waals surface area contributed by atoms with Gasteiger partial charge in [-0.15, -0.1) is 0 Å². The van der Waals surface area contributed by atoms with Crippen LogP contribution in [0.1, 0.15) is 11.1 Å². The minimum Gasteiger partial charge on any atom is -0.350 e. The highest BCUT2D eigenvalue weighted by molar-refractivity contribution is 9.10. The average molecular weight is 362 g/mol. The maximum Gasteiger partial charge on any atom is 0.239 e. The fourth-order valence-electron chi connectivity index (χ4n) is 1.82. The highest BCUT2D eigenvalue weighted by atomic mass is 79.9. The molecule has 0 unspecified atom stereocenters. The molecule has 0 aliphatic rings. The molecule has 1 aromatic carbocycles. The molecule has 0 bridgehead atoms. The SMILES string of the molecule is O=C(CNC(=O)Cc1ccccc1Br)NCc1ccncc1. The van der Waals surface area contributed by atoms with Gasteiger partial charge < -0.3 is 10.6 Å². The van der Waals surface area contributed by atoms with Crippen molar-refractivity contribution in [1.29, 1.82) is 0 Å². The van der Waals surface area contributed by atoms with Crippen molar-refractivity contribution in [3.63, 3.8) is 0 Å². The molecule has 1 heterocycles. The van der Waals surface area contributed by atoms with E-state index in [9.17, 15) is 9.59 Å². The van der Waals surface area contributed by atoms with Crippen LogP contribution in [0.15, 0.2) is 53.3 Å². The lowest BCUT2D eigenvalue weighted by molar-refractivity contribution is -0.125. The second-order valence-electron chi connectivity index (χ2n) is 4.68. The third-order valence-electron chi connectivity index (χ3n) is 2.99. The molecule has 0 radical (unpaired) electrons. The molecular formula is C16H16BrN3O2. The summed E-state index contributed by atoms with van der Waals surface area (Å²) < 4.78 is 0.882. The van der Waals surface area contributed by atoms with Gasteiger partial charge in [0.2, 0.25) is 11.8 Å². The fourth-order valence-corrected chi connectivity index (χ4v) is 2.24. The first-order valence-corrected chi connectivity index (χ1v) is 7.60. The highest BCUT2D eigenvalue weighted by Crippen LogP contribution is 2.15. The molecule has 0 atom stereocenters. The molecule has 0 aliphatic heterocycles. The number of aromatic nitrogens is 1. The van der Waals surface area contributed by atoms with Crippen LogP contribution in [0, 0.1) is 0 Å². The summed E-state index contributed by atoms with van der Waals surface area (Å²) in [5, 5.41) is 5.35. The molecule has 114 valence electrons. The molecule has 2 aromatic rings. The molecule has 22 heavy (non-hydrogen) atoms. The highest BCUT2D eigenvalue weighted by Gasteiger charge is 2.08. The zero-order chi connectivity index (χ0) is 15.8. The van der Waals surface area contributed by atoms with Gasteiger partial charge in [-0.2, -0.15) is 0 Å². The van der Waals surface area contributed by atoms with Crippen LogP contribution in [0.4, 0.5) is 0 Å². The Balaban J connectivity index is 1.72. The van der Waals surface area contributed by atoms with E-state index < -0.39 is 0 Å². The van der Waals surface area contributed by atoms with Gasteiger partial charge >= 0.3 is 0 Å². The minimum absolute atomic E-state index is 0.0334. The molecule has 5 nitrogen and oxygen atoms in total. The number of carbonyl (C=O) groups is 2. The van der Waals surface area contributed by atoms with Gasteiger partial charge in [0.1, 0.15) is 0 Å². The first kappa shape index (κ1) is 16.2. The number of pyridine rings is 1. The van der Waals surface area contributed by atoms with Crippen LogP contribution < -0.4 is 10.6 Å². The number of halogens is 1. The van der Waals surface area contributed by atoms with Crippen molar-refractivity contribution >= 4 is 27.7 Å². The van der Waals surface area contributed by atoms with E-state index in [-0.39, 0.29) is 24.8 Å². The Hall–Kier alpha value is -2.21. The van der Waals surface area contributed by atoms with E-state index in [0.717, 1.165) is 15.6 Å². The summed E-state index contributed by atoms with van der Waals surface area (Å²) in [5.41, 5.74) is 1.85. The van der Waals surface area contributed by atoms with Gasteiger partial charge in [-0.25, -0.2) is 0 Å². The summed E-state index contributed by atoms with van der Waals surface area (Å²) >= 11 is 3.39. The Kier molecular flexibility index (Phi) is 6.09. The molecule has 2 N–H and O–H groups in total. The molecule has 0 fully saturated rings. The maximum absolute atomic E-state index is 11.8. The number of hydrogen-bond donors (Lipinski definition) is 2. The fraction of sp³-hybridized carbons (Fsp3) is 0.188. The van der Waals surface area contributed by atoms with Crippen molar-refractivity contribution in [1.82, 2.24) is 15.6 Å². The van der Waals surface area contributed by atoms with Crippen LogP contribution >= 0.6 is 15.9 Å². The number of hydrogen-bond acceptors (Lipinski definition) is 3. The number of nitrogens with zero attached hydrogens (tertiary/aromatic N) is 1. The van der Waals surface area contributed by atoms with Crippen molar-refractivity contribution in [2.75, 3.05) is 6.54 Å². The van der Waals surface area contributed by atoms with E-state index in [4.69, 9.17) is 0 Å². The largest absolute Gasteiger partial charge is 0.350 e. The summed E-state index contributed by atoms with van der Waals surface area (Å²) in [6, 6.07) is 11.2. The van der Waals surface area contributed by atoms with Gasteiger partial charge in [0.25, 0.3) is 0 Å². The summed E-state index contributed by atoms with van der Waals surface area (Å²) in [7, 11) is 0. The first-order valence-electron chi connectivity index (χ1n) is 6.81. The van der Waals surface area contributed by atoms with Crippen molar-refractivity contribution in [3.8, 4) is 0 Å². The normalized spacial score (nSPS) is 10.0. The smallest absolute Gasteiger partial charge is 0.239 e. The first-order chi connectivity index (χ1) is 10.6. The van der Waals surface area contributed by atoms with Crippen LogP contribution in [0.2, 0.25) is 0 Å². The van der Waals surface area contributed by atoms with Crippen LogP contribution in [0.25, 0.3) is 0 Å². The number of nitrogens with one attached hydrogen (secondary N) is 2. The summed E-state index contributed by atoms with van der Waals surface area (Å²) in [6.07, 6.45) is 3.57. The molecule has 0 spiro atoms. The lowest BCUT2D eigenvalue weighted by atomic mass is 10.1. The van der Waals surface area contributed by atoms with Gasteiger partial charge in [0.05, 0.1) is 13.0 Å². The number of benzene rings is 1. The van der Waals surface area contributed by atoms with Gasteiger partial charge in [-0.3, -0.25) is 14.6 Å². The molecule has 0 aliphatic carbocycles. The second kappa shape index (κ2) is 8.29. The average Bonchev–Trinajstić information content (AvgIpc) is 2.54. The van der Waals surface area contributed by atoms with E-state index in [2.05, 4.69) is 31.5 Å². The molecule has 2 amide bonds. The van der Waals surface area contributed by atoms with Crippen molar-refractivity contribution in [2.45, 2.75) is 13.0 Å². The van der Waals surface area contributed by atoms with Gasteiger partial charge in [0, 0.05) is 23.4 Å². The monoisotopic (exact) mass is 361 g/mol. The standard InChI is InChI=1S/C16H16BrN3O2/c17-14-4-2-1-3-13(14)9-15(21)20-11-16(22)19-10-12-5-7-18-8-6-12/h1-8H,9-11H2,(H,19,22)(H,20,21). The Bertz CT molecular complexity index is 647.